The molecular weight excluding hydrogens is 370 g/mol. The first-order valence-electron chi connectivity index (χ1n) is 5.70. The standard InChI is InChI=1S/C13H8BrClF2N2O2/c14-13-8(15)2-1-3-11(13)18-6-7-4-12(19(20)21)10(17)5-9(7)16/h1-5,18H,6H2. The van der Waals surface area contributed by atoms with Crippen LogP contribution in [0.15, 0.2) is 34.8 Å². The third-order valence-electron chi connectivity index (χ3n) is 2.73. The highest BCUT2D eigenvalue weighted by Crippen LogP contribution is 2.31. The molecule has 0 amide bonds. The van der Waals surface area contributed by atoms with Gasteiger partial charge in [-0.2, -0.15) is 4.39 Å². The van der Waals surface area contributed by atoms with E-state index in [1.165, 1.54) is 0 Å². The maximum absolute atomic E-state index is 13.6. The number of nitro groups is 1. The summed E-state index contributed by atoms with van der Waals surface area (Å²) in [5, 5.41) is 14.0. The van der Waals surface area contributed by atoms with Crippen molar-refractivity contribution in [3.8, 4) is 0 Å². The Bertz CT molecular complexity index is 713. The molecule has 0 saturated heterocycles. The summed E-state index contributed by atoms with van der Waals surface area (Å²) in [4.78, 5) is 9.76. The number of rotatable bonds is 4. The summed E-state index contributed by atoms with van der Waals surface area (Å²) >= 11 is 9.18. The third-order valence-corrected chi connectivity index (χ3v) is 4.13. The van der Waals surface area contributed by atoms with Crippen molar-refractivity contribution in [1.82, 2.24) is 0 Å². The van der Waals surface area contributed by atoms with Crippen molar-refractivity contribution in [2.45, 2.75) is 6.54 Å². The van der Waals surface area contributed by atoms with Crippen LogP contribution in [0.3, 0.4) is 0 Å². The van der Waals surface area contributed by atoms with Crippen molar-refractivity contribution in [3.63, 3.8) is 0 Å². The molecule has 0 aliphatic heterocycles. The van der Waals surface area contributed by atoms with Gasteiger partial charge >= 0.3 is 5.69 Å². The fourth-order valence-corrected chi connectivity index (χ4v) is 2.27. The Kier molecular flexibility index (Phi) is 4.74. The van der Waals surface area contributed by atoms with Gasteiger partial charge in [0, 0.05) is 24.2 Å². The average molecular weight is 378 g/mol. The van der Waals surface area contributed by atoms with E-state index >= 15 is 0 Å². The van der Waals surface area contributed by atoms with E-state index in [1.54, 1.807) is 18.2 Å². The summed E-state index contributed by atoms with van der Waals surface area (Å²) in [7, 11) is 0. The van der Waals surface area contributed by atoms with Crippen LogP contribution in [0.2, 0.25) is 5.02 Å². The summed E-state index contributed by atoms with van der Waals surface area (Å²) < 4.78 is 27.5. The van der Waals surface area contributed by atoms with Crippen LogP contribution in [0.5, 0.6) is 0 Å². The zero-order valence-electron chi connectivity index (χ0n) is 10.4. The fourth-order valence-electron chi connectivity index (χ4n) is 1.69. The van der Waals surface area contributed by atoms with Crippen LogP contribution >= 0.6 is 27.5 Å². The van der Waals surface area contributed by atoms with Gasteiger partial charge in [-0.3, -0.25) is 10.1 Å². The minimum absolute atomic E-state index is 0.0185. The molecule has 0 spiro atoms. The van der Waals surface area contributed by atoms with Crippen LogP contribution in [0, 0.1) is 21.7 Å². The van der Waals surface area contributed by atoms with Gasteiger partial charge in [0.2, 0.25) is 5.82 Å². The Labute approximate surface area is 132 Å². The van der Waals surface area contributed by atoms with E-state index in [0.29, 0.717) is 21.2 Å². The second-order valence-corrected chi connectivity index (χ2v) is 5.31. The predicted molar refractivity (Wildman–Crippen MR) is 79.5 cm³/mol. The number of hydrogen-bond donors (Lipinski definition) is 1. The minimum atomic E-state index is -1.20. The van der Waals surface area contributed by atoms with Crippen molar-refractivity contribution in [2.24, 2.45) is 0 Å². The highest BCUT2D eigenvalue weighted by atomic mass is 79.9. The molecular formula is C13H8BrClF2N2O2. The maximum Gasteiger partial charge on any atom is 0.305 e. The molecule has 2 rings (SSSR count). The molecule has 8 heteroatoms. The Morgan fingerprint density at radius 2 is 2.00 bits per heavy atom. The van der Waals surface area contributed by atoms with Crippen LogP contribution in [0.4, 0.5) is 20.2 Å². The van der Waals surface area contributed by atoms with Gasteiger partial charge in [-0.05, 0) is 28.1 Å². The van der Waals surface area contributed by atoms with Gasteiger partial charge in [0.25, 0.3) is 0 Å². The lowest BCUT2D eigenvalue weighted by molar-refractivity contribution is -0.387. The Balaban J connectivity index is 2.26. The van der Waals surface area contributed by atoms with Gasteiger partial charge in [0.1, 0.15) is 5.82 Å². The van der Waals surface area contributed by atoms with Crippen LogP contribution in [-0.2, 0) is 6.54 Å². The molecule has 0 aliphatic rings. The van der Waals surface area contributed by atoms with E-state index < -0.39 is 22.2 Å². The highest BCUT2D eigenvalue weighted by molar-refractivity contribution is 9.10. The van der Waals surface area contributed by atoms with Crippen molar-refractivity contribution < 1.29 is 13.7 Å². The van der Waals surface area contributed by atoms with E-state index in [9.17, 15) is 18.9 Å². The molecule has 0 saturated carbocycles. The first kappa shape index (κ1) is 15.7. The number of nitrogens with zero attached hydrogens (tertiary/aromatic N) is 1. The monoisotopic (exact) mass is 376 g/mol. The molecule has 0 fully saturated rings. The number of nitro benzene ring substituents is 1. The summed E-state index contributed by atoms with van der Waals surface area (Å²) in [6.07, 6.45) is 0. The summed E-state index contributed by atoms with van der Waals surface area (Å²) in [6.45, 7) is -0.0497. The molecule has 110 valence electrons. The second kappa shape index (κ2) is 6.36. The van der Waals surface area contributed by atoms with E-state index in [0.717, 1.165) is 6.07 Å². The van der Waals surface area contributed by atoms with Crippen molar-refractivity contribution in [3.05, 3.63) is 67.1 Å². The summed E-state index contributed by atoms with van der Waals surface area (Å²) in [5.41, 5.74) is -0.192. The largest absolute Gasteiger partial charge is 0.380 e. The number of nitrogens with one attached hydrogen (secondary N) is 1. The summed E-state index contributed by atoms with van der Waals surface area (Å²) in [6, 6.07) is 6.43. The van der Waals surface area contributed by atoms with Gasteiger partial charge in [-0.25, -0.2) is 4.39 Å². The Hall–Kier alpha value is -1.73. The van der Waals surface area contributed by atoms with Crippen molar-refractivity contribution in [1.29, 1.82) is 0 Å². The minimum Gasteiger partial charge on any atom is -0.380 e. The maximum atomic E-state index is 13.6. The lowest BCUT2D eigenvalue weighted by Crippen LogP contribution is -2.05. The van der Waals surface area contributed by atoms with E-state index in [4.69, 9.17) is 11.6 Å². The van der Waals surface area contributed by atoms with Crippen LogP contribution in [-0.4, -0.2) is 4.92 Å². The average Bonchev–Trinajstić information content (AvgIpc) is 2.41. The van der Waals surface area contributed by atoms with E-state index in [-0.39, 0.29) is 12.1 Å². The molecule has 1 N–H and O–H groups in total. The normalized spacial score (nSPS) is 10.5. The van der Waals surface area contributed by atoms with Gasteiger partial charge < -0.3 is 5.32 Å². The predicted octanol–water partition coefficient (Wildman–Crippen LogP) is 4.90. The van der Waals surface area contributed by atoms with Gasteiger partial charge in [0.05, 0.1) is 20.1 Å². The van der Waals surface area contributed by atoms with Gasteiger partial charge in [0.15, 0.2) is 0 Å². The molecule has 4 nitrogen and oxygen atoms in total. The topological polar surface area (TPSA) is 55.2 Å². The van der Waals surface area contributed by atoms with Crippen LogP contribution in [0.1, 0.15) is 5.56 Å². The smallest absolute Gasteiger partial charge is 0.305 e. The molecule has 0 heterocycles. The second-order valence-electron chi connectivity index (χ2n) is 4.11. The zero-order valence-corrected chi connectivity index (χ0v) is 12.7. The Morgan fingerprint density at radius 3 is 2.67 bits per heavy atom. The molecule has 21 heavy (non-hydrogen) atoms. The van der Waals surface area contributed by atoms with Gasteiger partial charge in [-0.15, -0.1) is 0 Å². The van der Waals surface area contributed by atoms with Crippen LogP contribution < -0.4 is 5.32 Å². The zero-order chi connectivity index (χ0) is 15.6. The number of hydrogen-bond acceptors (Lipinski definition) is 3. The number of halogens is 4. The molecule has 2 aromatic rings. The molecule has 0 atom stereocenters. The van der Waals surface area contributed by atoms with Crippen molar-refractivity contribution in [2.75, 3.05) is 5.32 Å². The molecule has 0 bridgehead atoms. The number of anilines is 1. The SMILES string of the molecule is O=[N+]([O-])c1cc(CNc2cccc(Cl)c2Br)c(F)cc1F. The Morgan fingerprint density at radius 1 is 1.29 bits per heavy atom. The lowest BCUT2D eigenvalue weighted by atomic mass is 10.1. The van der Waals surface area contributed by atoms with E-state index in [1.807, 2.05) is 0 Å². The molecule has 0 unspecified atom stereocenters. The molecule has 0 aromatic heterocycles. The molecule has 2 aromatic carbocycles. The quantitative estimate of drug-likeness (QED) is 0.609. The molecule has 0 aliphatic carbocycles. The van der Waals surface area contributed by atoms with E-state index in [2.05, 4.69) is 21.2 Å². The van der Waals surface area contributed by atoms with Crippen LogP contribution in [0.25, 0.3) is 0 Å². The van der Waals surface area contributed by atoms with Crippen molar-refractivity contribution >= 4 is 38.9 Å². The summed E-state index contributed by atoms with van der Waals surface area (Å²) in [5.74, 6) is -2.06. The van der Waals surface area contributed by atoms with Gasteiger partial charge in [-0.1, -0.05) is 17.7 Å². The first-order valence-corrected chi connectivity index (χ1v) is 6.87. The number of benzene rings is 2. The molecule has 0 radical (unpaired) electrons. The lowest BCUT2D eigenvalue weighted by Gasteiger charge is -2.10. The first-order chi connectivity index (χ1) is 9.90. The third kappa shape index (κ3) is 3.48. The fraction of sp³-hybridized carbons (Fsp3) is 0.0769. The highest BCUT2D eigenvalue weighted by Gasteiger charge is 2.18.